The summed E-state index contributed by atoms with van der Waals surface area (Å²) in [6, 6.07) is 15.6. The van der Waals surface area contributed by atoms with Crippen LogP contribution in [0, 0.1) is 0 Å². The molecule has 0 fully saturated rings. The lowest BCUT2D eigenvalue weighted by Gasteiger charge is -2.16. The van der Waals surface area contributed by atoms with Crippen LogP contribution >= 0.6 is 27.7 Å². The zero-order valence-corrected chi connectivity index (χ0v) is 19.7. The predicted molar refractivity (Wildman–Crippen MR) is 124 cm³/mol. The number of benzene rings is 2. The lowest BCUT2D eigenvalue weighted by molar-refractivity contribution is -0.113. The highest BCUT2D eigenvalue weighted by Gasteiger charge is 2.19. The van der Waals surface area contributed by atoms with E-state index in [0.717, 1.165) is 28.2 Å². The number of rotatable bonds is 9. The monoisotopic (exact) mass is 488 g/mol. The van der Waals surface area contributed by atoms with Crippen molar-refractivity contribution in [2.75, 3.05) is 11.1 Å². The van der Waals surface area contributed by atoms with Crippen molar-refractivity contribution in [1.29, 1.82) is 0 Å². The third-order valence-electron chi connectivity index (χ3n) is 4.53. The Labute approximate surface area is 189 Å². The Morgan fingerprint density at radius 1 is 1.13 bits per heavy atom. The second kappa shape index (κ2) is 10.6. The second-order valence-corrected chi connectivity index (χ2v) is 8.54. The molecule has 3 aromatic rings. The molecular formula is C22H25BrN4O2S. The molecule has 2 aromatic carbocycles. The molecule has 0 saturated carbocycles. The number of carbonyl (C=O) groups is 1. The molecule has 1 amide bonds. The number of carbonyl (C=O) groups excluding carboxylic acids is 1. The molecule has 1 heterocycles. The van der Waals surface area contributed by atoms with Crippen LogP contribution in [0.25, 0.3) is 0 Å². The van der Waals surface area contributed by atoms with Gasteiger partial charge in [0.15, 0.2) is 17.1 Å². The Kier molecular flexibility index (Phi) is 7.93. The van der Waals surface area contributed by atoms with Crippen molar-refractivity contribution >= 4 is 39.3 Å². The Morgan fingerprint density at radius 2 is 1.83 bits per heavy atom. The van der Waals surface area contributed by atoms with Crippen LogP contribution < -0.4 is 10.1 Å². The van der Waals surface area contributed by atoms with Crippen molar-refractivity contribution < 1.29 is 9.53 Å². The van der Waals surface area contributed by atoms with Crippen molar-refractivity contribution in [2.24, 2.45) is 0 Å². The molecule has 0 aliphatic rings. The summed E-state index contributed by atoms with van der Waals surface area (Å²) in [5, 5.41) is 12.2. The van der Waals surface area contributed by atoms with E-state index in [1.807, 2.05) is 54.8 Å². The molecule has 8 heteroatoms. The van der Waals surface area contributed by atoms with Gasteiger partial charge in [0.05, 0.1) is 5.75 Å². The van der Waals surface area contributed by atoms with Gasteiger partial charge in [-0.15, -0.1) is 10.2 Å². The predicted octanol–water partition coefficient (Wildman–Crippen LogP) is 5.49. The molecule has 30 heavy (non-hydrogen) atoms. The summed E-state index contributed by atoms with van der Waals surface area (Å²) in [4.78, 5) is 12.3. The number of hydrogen-bond acceptors (Lipinski definition) is 5. The van der Waals surface area contributed by atoms with Gasteiger partial charge < -0.3 is 14.6 Å². The smallest absolute Gasteiger partial charge is 0.234 e. The lowest BCUT2D eigenvalue weighted by atomic mass is 10.2. The van der Waals surface area contributed by atoms with Crippen LogP contribution in [-0.2, 0) is 17.8 Å². The Balaban J connectivity index is 1.61. The molecule has 6 nitrogen and oxygen atoms in total. The number of anilines is 1. The highest BCUT2D eigenvalue weighted by molar-refractivity contribution is 9.10. The Bertz CT molecular complexity index is 974. The van der Waals surface area contributed by atoms with E-state index in [2.05, 4.69) is 50.5 Å². The van der Waals surface area contributed by atoms with Crippen LogP contribution in [0.4, 0.5) is 5.69 Å². The molecule has 0 aliphatic heterocycles. The standard InChI is InChI=1S/C22H25BrN4O2S/c1-4-16-6-12-19(13-7-16)29-15(3)21-25-26-22(27(21)5-2)30-14-20(28)24-18-10-8-17(23)9-11-18/h6-13,15H,4-5,14H2,1-3H3,(H,24,28)/t15-/m1/s1. The van der Waals surface area contributed by atoms with Gasteiger partial charge in [-0.05, 0) is 62.2 Å². The number of ether oxygens (including phenoxy) is 1. The zero-order valence-electron chi connectivity index (χ0n) is 17.3. The molecule has 1 atom stereocenters. The van der Waals surface area contributed by atoms with Crippen LogP contribution in [0.5, 0.6) is 5.75 Å². The molecule has 0 aliphatic carbocycles. The molecular weight excluding hydrogens is 464 g/mol. The molecule has 3 rings (SSSR count). The van der Waals surface area contributed by atoms with Crippen molar-refractivity contribution in [3.63, 3.8) is 0 Å². The summed E-state index contributed by atoms with van der Waals surface area (Å²) >= 11 is 4.75. The van der Waals surface area contributed by atoms with E-state index in [1.165, 1.54) is 17.3 Å². The van der Waals surface area contributed by atoms with Gasteiger partial charge in [0, 0.05) is 16.7 Å². The van der Waals surface area contributed by atoms with E-state index in [0.29, 0.717) is 11.7 Å². The third kappa shape index (κ3) is 5.86. The molecule has 0 spiro atoms. The summed E-state index contributed by atoms with van der Waals surface area (Å²) in [6.07, 6.45) is 0.742. The van der Waals surface area contributed by atoms with Crippen molar-refractivity contribution in [3.8, 4) is 5.75 Å². The fourth-order valence-corrected chi connectivity index (χ4v) is 4.00. The molecule has 158 valence electrons. The van der Waals surface area contributed by atoms with E-state index in [4.69, 9.17) is 4.74 Å². The van der Waals surface area contributed by atoms with Crippen molar-refractivity contribution in [2.45, 2.75) is 45.0 Å². The maximum absolute atomic E-state index is 12.3. The number of nitrogens with zero attached hydrogens (tertiary/aromatic N) is 3. The van der Waals surface area contributed by atoms with E-state index in [-0.39, 0.29) is 17.8 Å². The van der Waals surface area contributed by atoms with Gasteiger partial charge >= 0.3 is 0 Å². The molecule has 0 unspecified atom stereocenters. The summed E-state index contributed by atoms with van der Waals surface area (Å²) in [7, 11) is 0. The molecule has 1 N–H and O–H groups in total. The minimum atomic E-state index is -0.254. The van der Waals surface area contributed by atoms with Crippen molar-refractivity contribution in [3.05, 3.63) is 64.4 Å². The maximum Gasteiger partial charge on any atom is 0.234 e. The first-order valence-corrected chi connectivity index (χ1v) is 11.6. The first kappa shape index (κ1) is 22.4. The summed E-state index contributed by atoms with van der Waals surface area (Å²) in [6.45, 7) is 6.81. The van der Waals surface area contributed by atoms with E-state index in [9.17, 15) is 4.79 Å². The van der Waals surface area contributed by atoms with Crippen LogP contribution in [0.1, 0.15) is 38.3 Å². The van der Waals surface area contributed by atoms with Gasteiger partial charge in [-0.25, -0.2) is 0 Å². The number of amides is 1. The average molecular weight is 489 g/mol. The van der Waals surface area contributed by atoms with Gasteiger partial charge in [-0.1, -0.05) is 46.7 Å². The first-order valence-electron chi connectivity index (χ1n) is 9.87. The quantitative estimate of drug-likeness (QED) is 0.403. The van der Waals surface area contributed by atoms with Gasteiger partial charge in [0.25, 0.3) is 0 Å². The second-order valence-electron chi connectivity index (χ2n) is 6.69. The van der Waals surface area contributed by atoms with Crippen LogP contribution in [-0.4, -0.2) is 26.4 Å². The van der Waals surface area contributed by atoms with Gasteiger partial charge in [-0.2, -0.15) is 0 Å². The van der Waals surface area contributed by atoms with E-state index < -0.39 is 0 Å². The van der Waals surface area contributed by atoms with Crippen LogP contribution in [0.15, 0.2) is 58.2 Å². The van der Waals surface area contributed by atoms with Crippen molar-refractivity contribution in [1.82, 2.24) is 14.8 Å². The fraction of sp³-hybridized carbons (Fsp3) is 0.318. The van der Waals surface area contributed by atoms with Gasteiger partial charge in [0.2, 0.25) is 5.91 Å². The summed E-state index contributed by atoms with van der Waals surface area (Å²) in [5.41, 5.74) is 2.03. The fourth-order valence-electron chi connectivity index (χ4n) is 2.93. The largest absolute Gasteiger partial charge is 0.483 e. The Morgan fingerprint density at radius 3 is 2.47 bits per heavy atom. The normalized spacial score (nSPS) is 11.9. The van der Waals surface area contributed by atoms with Gasteiger partial charge in [0.1, 0.15) is 5.75 Å². The minimum Gasteiger partial charge on any atom is -0.483 e. The molecule has 0 saturated heterocycles. The minimum absolute atomic E-state index is 0.0881. The zero-order chi connectivity index (χ0) is 21.5. The number of hydrogen-bond donors (Lipinski definition) is 1. The average Bonchev–Trinajstić information content (AvgIpc) is 3.17. The highest BCUT2D eigenvalue weighted by atomic mass is 79.9. The number of aryl methyl sites for hydroxylation is 1. The molecule has 1 aromatic heterocycles. The number of thioether (sulfide) groups is 1. The topological polar surface area (TPSA) is 69.0 Å². The number of halogens is 1. The first-order chi connectivity index (χ1) is 14.5. The van der Waals surface area contributed by atoms with Gasteiger partial charge in [-0.3, -0.25) is 4.79 Å². The molecule has 0 bridgehead atoms. The van der Waals surface area contributed by atoms with Crippen LogP contribution in [0.3, 0.4) is 0 Å². The highest BCUT2D eigenvalue weighted by Crippen LogP contribution is 2.25. The maximum atomic E-state index is 12.3. The SMILES string of the molecule is CCc1ccc(O[C@H](C)c2nnc(SCC(=O)Nc3ccc(Br)cc3)n2CC)cc1. The lowest BCUT2D eigenvalue weighted by Crippen LogP contribution is -2.15. The van der Waals surface area contributed by atoms with E-state index in [1.54, 1.807) is 0 Å². The molecule has 0 radical (unpaired) electrons. The number of aromatic nitrogens is 3. The van der Waals surface area contributed by atoms with Crippen LogP contribution in [0.2, 0.25) is 0 Å². The summed E-state index contributed by atoms with van der Waals surface area (Å²) in [5.74, 6) is 1.71. The third-order valence-corrected chi connectivity index (χ3v) is 6.03. The Hall–Kier alpha value is -2.32. The summed E-state index contributed by atoms with van der Waals surface area (Å²) < 4.78 is 9.01. The van der Waals surface area contributed by atoms with E-state index >= 15 is 0 Å². The number of nitrogens with one attached hydrogen (secondary N) is 1.